The summed E-state index contributed by atoms with van der Waals surface area (Å²) >= 11 is 6.41. The van der Waals surface area contributed by atoms with Crippen LogP contribution < -0.4 is 0 Å². The SMILES string of the molecule is CS(=O)c1ccc(C(OC2CCCCC2)c2cc3cccnc3[nH]2)cc1Cl. The number of rotatable bonds is 5. The lowest BCUT2D eigenvalue weighted by molar-refractivity contribution is -0.0134. The minimum Gasteiger partial charge on any atom is -0.364 e. The van der Waals surface area contributed by atoms with E-state index in [1.165, 1.54) is 19.3 Å². The molecule has 1 aliphatic carbocycles. The summed E-state index contributed by atoms with van der Waals surface area (Å²) < 4.78 is 18.4. The number of pyridine rings is 1. The van der Waals surface area contributed by atoms with Crippen molar-refractivity contribution in [2.75, 3.05) is 6.26 Å². The monoisotopic (exact) mass is 402 g/mol. The molecule has 1 fully saturated rings. The van der Waals surface area contributed by atoms with Crippen molar-refractivity contribution >= 4 is 33.4 Å². The Hall–Kier alpha value is -1.69. The van der Waals surface area contributed by atoms with Crippen molar-refractivity contribution < 1.29 is 8.95 Å². The lowest BCUT2D eigenvalue weighted by atomic mass is 9.97. The second-order valence-corrected chi connectivity index (χ2v) is 8.84. The highest BCUT2D eigenvalue weighted by atomic mass is 35.5. The summed E-state index contributed by atoms with van der Waals surface area (Å²) in [4.78, 5) is 8.45. The summed E-state index contributed by atoms with van der Waals surface area (Å²) in [6, 6.07) is 11.7. The molecular formula is C21H23ClN2O2S. The smallest absolute Gasteiger partial charge is 0.137 e. The molecule has 0 bridgehead atoms. The van der Waals surface area contributed by atoms with Gasteiger partial charge in [0.2, 0.25) is 0 Å². The Morgan fingerprint density at radius 2 is 2.04 bits per heavy atom. The maximum absolute atomic E-state index is 11.8. The molecule has 1 aliphatic rings. The topological polar surface area (TPSA) is 55.0 Å². The molecule has 0 radical (unpaired) electrons. The molecule has 142 valence electrons. The molecule has 6 heteroatoms. The van der Waals surface area contributed by atoms with Gasteiger partial charge in [0.25, 0.3) is 0 Å². The van der Waals surface area contributed by atoms with Crippen LogP contribution in [-0.2, 0) is 15.5 Å². The summed E-state index contributed by atoms with van der Waals surface area (Å²) in [5.74, 6) is 0. The molecule has 1 saturated carbocycles. The number of halogens is 1. The van der Waals surface area contributed by atoms with Crippen molar-refractivity contribution in [3.8, 4) is 0 Å². The maximum Gasteiger partial charge on any atom is 0.137 e. The molecule has 0 aliphatic heterocycles. The summed E-state index contributed by atoms with van der Waals surface area (Å²) in [6.45, 7) is 0. The fourth-order valence-electron chi connectivity index (χ4n) is 3.76. The zero-order chi connectivity index (χ0) is 18.8. The maximum atomic E-state index is 11.8. The average Bonchev–Trinajstić information content (AvgIpc) is 3.10. The Morgan fingerprint density at radius 3 is 2.74 bits per heavy atom. The number of fused-ring (bicyclic) bond motifs is 1. The average molecular weight is 403 g/mol. The van der Waals surface area contributed by atoms with E-state index in [-0.39, 0.29) is 12.2 Å². The summed E-state index contributed by atoms with van der Waals surface area (Å²) in [6.07, 6.45) is 9.27. The van der Waals surface area contributed by atoms with E-state index in [4.69, 9.17) is 16.3 Å². The van der Waals surface area contributed by atoms with E-state index in [9.17, 15) is 4.21 Å². The molecule has 0 amide bonds. The third kappa shape index (κ3) is 4.10. The molecule has 4 nitrogen and oxygen atoms in total. The first kappa shape index (κ1) is 18.7. The highest BCUT2D eigenvalue weighted by Gasteiger charge is 2.24. The number of nitrogens with zero attached hydrogens (tertiary/aromatic N) is 1. The summed E-state index contributed by atoms with van der Waals surface area (Å²) in [7, 11) is -1.12. The van der Waals surface area contributed by atoms with Crippen LogP contribution in [0.15, 0.2) is 47.5 Å². The summed E-state index contributed by atoms with van der Waals surface area (Å²) in [5, 5.41) is 1.57. The quantitative estimate of drug-likeness (QED) is 0.622. The van der Waals surface area contributed by atoms with Crippen molar-refractivity contribution in [2.45, 2.75) is 49.2 Å². The minimum absolute atomic E-state index is 0.238. The van der Waals surface area contributed by atoms with Gasteiger partial charge in [-0.25, -0.2) is 4.98 Å². The molecule has 4 rings (SSSR count). The van der Waals surface area contributed by atoms with Gasteiger partial charge in [-0.3, -0.25) is 4.21 Å². The van der Waals surface area contributed by atoms with Crippen LogP contribution in [0.1, 0.15) is 49.5 Å². The Morgan fingerprint density at radius 1 is 1.22 bits per heavy atom. The highest BCUT2D eigenvalue weighted by Crippen LogP contribution is 2.34. The number of aromatic amines is 1. The van der Waals surface area contributed by atoms with Crippen molar-refractivity contribution in [1.29, 1.82) is 0 Å². The predicted molar refractivity (Wildman–Crippen MR) is 110 cm³/mol. The molecule has 2 aromatic heterocycles. The number of H-pyrrole nitrogens is 1. The van der Waals surface area contributed by atoms with Crippen LogP contribution in [0, 0.1) is 0 Å². The predicted octanol–water partition coefficient (Wildman–Crippen LogP) is 5.39. The van der Waals surface area contributed by atoms with Crippen molar-refractivity contribution in [3.05, 3.63) is 58.9 Å². The molecule has 0 spiro atoms. The number of aromatic nitrogens is 2. The third-order valence-electron chi connectivity index (χ3n) is 5.14. The van der Waals surface area contributed by atoms with E-state index >= 15 is 0 Å². The molecule has 3 aromatic rings. The normalized spacial score (nSPS) is 17.9. The molecule has 1 N–H and O–H groups in total. The lowest BCUT2D eigenvalue weighted by Crippen LogP contribution is -2.21. The van der Waals surface area contributed by atoms with Gasteiger partial charge in [-0.2, -0.15) is 0 Å². The van der Waals surface area contributed by atoms with Gasteiger partial charge in [-0.1, -0.05) is 36.9 Å². The van der Waals surface area contributed by atoms with Crippen LogP contribution in [0.3, 0.4) is 0 Å². The van der Waals surface area contributed by atoms with Gasteiger partial charge in [0.15, 0.2) is 0 Å². The van der Waals surface area contributed by atoms with Crippen LogP contribution >= 0.6 is 11.6 Å². The van der Waals surface area contributed by atoms with Crippen LogP contribution in [0.4, 0.5) is 0 Å². The van der Waals surface area contributed by atoms with Gasteiger partial charge in [0.1, 0.15) is 11.8 Å². The van der Waals surface area contributed by atoms with Gasteiger partial charge >= 0.3 is 0 Å². The second-order valence-electron chi connectivity index (χ2n) is 7.09. The van der Waals surface area contributed by atoms with E-state index in [1.54, 1.807) is 12.5 Å². The number of hydrogen-bond acceptors (Lipinski definition) is 3. The number of ether oxygens (including phenoxy) is 1. The first-order valence-corrected chi connectivity index (χ1v) is 11.3. The number of nitrogens with one attached hydrogen (secondary N) is 1. The number of hydrogen-bond donors (Lipinski definition) is 1. The fraction of sp³-hybridized carbons (Fsp3) is 0.381. The fourth-order valence-corrected chi connectivity index (χ4v) is 4.87. The van der Waals surface area contributed by atoms with Crippen molar-refractivity contribution in [3.63, 3.8) is 0 Å². The van der Waals surface area contributed by atoms with Gasteiger partial charge in [-0.15, -0.1) is 0 Å². The molecule has 2 heterocycles. The first-order chi connectivity index (χ1) is 13.1. The van der Waals surface area contributed by atoms with E-state index in [1.807, 2.05) is 30.3 Å². The zero-order valence-electron chi connectivity index (χ0n) is 15.3. The molecule has 0 saturated heterocycles. The zero-order valence-corrected chi connectivity index (χ0v) is 16.9. The van der Waals surface area contributed by atoms with Crippen LogP contribution in [0.5, 0.6) is 0 Å². The highest BCUT2D eigenvalue weighted by molar-refractivity contribution is 7.84. The van der Waals surface area contributed by atoms with Crippen LogP contribution in [0.25, 0.3) is 11.0 Å². The largest absolute Gasteiger partial charge is 0.364 e. The second kappa shape index (κ2) is 8.13. The van der Waals surface area contributed by atoms with Gasteiger partial charge < -0.3 is 9.72 Å². The molecule has 2 atom stereocenters. The van der Waals surface area contributed by atoms with Crippen LogP contribution in [-0.4, -0.2) is 26.5 Å². The Labute approximate surface area is 166 Å². The van der Waals surface area contributed by atoms with Crippen LogP contribution in [0.2, 0.25) is 5.02 Å². The third-order valence-corrected chi connectivity index (χ3v) is 6.54. The van der Waals surface area contributed by atoms with Gasteiger partial charge in [-0.05, 0) is 48.7 Å². The molecule has 27 heavy (non-hydrogen) atoms. The van der Waals surface area contributed by atoms with E-state index in [0.717, 1.165) is 35.1 Å². The molecular weight excluding hydrogens is 380 g/mol. The summed E-state index contributed by atoms with van der Waals surface area (Å²) in [5.41, 5.74) is 2.78. The molecule has 2 unspecified atom stereocenters. The molecule has 1 aromatic carbocycles. The standard InChI is InChI=1S/C21H23ClN2O2S/c1-27(25)19-10-9-14(12-17(19)22)20(26-16-7-3-2-4-8-16)18-13-15-6-5-11-23-21(15)24-18/h5-6,9-13,16,20H,2-4,7-8H2,1H3,(H,23,24). The van der Waals surface area contributed by atoms with Gasteiger partial charge in [0, 0.05) is 17.8 Å². The van der Waals surface area contributed by atoms with Crippen molar-refractivity contribution in [2.24, 2.45) is 0 Å². The van der Waals surface area contributed by atoms with Gasteiger partial charge in [0.05, 0.1) is 32.5 Å². The van der Waals surface area contributed by atoms with E-state index < -0.39 is 10.8 Å². The Bertz CT molecular complexity index is 933. The lowest BCUT2D eigenvalue weighted by Gasteiger charge is -2.27. The Kier molecular flexibility index (Phi) is 5.62. The van der Waals surface area contributed by atoms with Crippen molar-refractivity contribution in [1.82, 2.24) is 9.97 Å². The Balaban J connectivity index is 1.73. The van der Waals surface area contributed by atoms with E-state index in [0.29, 0.717) is 9.92 Å². The first-order valence-electron chi connectivity index (χ1n) is 9.34. The van der Waals surface area contributed by atoms with E-state index in [2.05, 4.69) is 16.0 Å². The number of benzene rings is 1. The minimum atomic E-state index is -1.12.